The van der Waals surface area contributed by atoms with Crippen LogP contribution in [-0.4, -0.2) is 59.3 Å². The Labute approximate surface area is 327 Å². The van der Waals surface area contributed by atoms with E-state index in [1.165, 1.54) is 44.9 Å². The highest BCUT2D eigenvalue weighted by molar-refractivity contribution is 5.87. The molecule has 0 heterocycles. The number of nitrogens with one attached hydrogen (secondary N) is 2. The Morgan fingerprint density at radius 1 is 0.593 bits per heavy atom. The normalized spacial score (nSPS) is 13.2. The van der Waals surface area contributed by atoms with Crippen LogP contribution in [0.15, 0.2) is 72.9 Å². The molecule has 9 nitrogen and oxygen atoms in total. The van der Waals surface area contributed by atoms with Gasteiger partial charge in [-0.1, -0.05) is 132 Å². The van der Waals surface area contributed by atoms with Crippen molar-refractivity contribution in [1.82, 2.24) is 10.6 Å². The van der Waals surface area contributed by atoms with E-state index < -0.39 is 24.5 Å². The van der Waals surface area contributed by atoms with Gasteiger partial charge in [-0.2, -0.15) is 0 Å². The molecular weight excluding hydrogens is 681 g/mol. The number of carbonyl (C=O) groups excluding carboxylic acids is 3. The molecule has 2 unspecified atom stereocenters. The minimum absolute atomic E-state index is 0.151. The fraction of sp³-hybridized carbons (Fsp3) is 0.644. The molecule has 9 heteroatoms. The van der Waals surface area contributed by atoms with Crippen molar-refractivity contribution in [1.29, 1.82) is 0 Å². The summed E-state index contributed by atoms with van der Waals surface area (Å²) in [7, 11) is 0. The van der Waals surface area contributed by atoms with Gasteiger partial charge in [-0.15, -0.1) is 0 Å². The zero-order valence-electron chi connectivity index (χ0n) is 33.7. The number of aliphatic hydroxyl groups excluding tert-OH is 1. The lowest BCUT2D eigenvalue weighted by atomic mass is 10.1. The molecule has 306 valence electrons. The van der Waals surface area contributed by atoms with Crippen LogP contribution in [-0.2, 0) is 23.9 Å². The van der Waals surface area contributed by atoms with Gasteiger partial charge in [0.15, 0.2) is 0 Å². The number of carboxylic acid groups (broad SMARTS) is 1. The van der Waals surface area contributed by atoms with E-state index in [4.69, 9.17) is 14.9 Å². The predicted molar refractivity (Wildman–Crippen MR) is 222 cm³/mol. The van der Waals surface area contributed by atoms with E-state index in [2.05, 4.69) is 91.3 Å². The van der Waals surface area contributed by atoms with Crippen LogP contribution < -0.4 is 10.6 Å². The average Bonchev–Trinajstić information content (AvgIpc) is 3.15. The highest BCUT2D eigenvalue weighted by Crippen LogP contribution is 2.14. The molecule has 54 heavy (non-hydrogen) atoms. The lowest BCUT2D eigenvalue weighted by molar-refractivity contribution is -0.147. The van der Waals surface area contributed by atoms with Gasteiger partial charge in [-0.05, 0) is 89.5 Å². The second kappa shape index (κ2) is 39.0. The molecule has 0 spiro atoms. The first kappa shape index (κ1) is 50.3. The van der Waals surface area contributed by atoms with Crippen LogP contribution >= 0.6 is 0 Å². The van der Waals surface area contributed by atoms with Crippen molar-refractivity contribution in [3.63, 3.8) is 0 Å². The van der Waals surface area contributed by atoms with E-state index in [1.807, 2.05) is 6.08 Å². The molecule has 0 bridgehead atoms. The lowest BCUT2D eigenvalue weighted by Gasteiger charge is -2.15. The van der Waals surface area contributed by atoms with Gasteiger partial charge in [-0.25, -0.2) is 4.79 Å². The SMILES string of the molecule is CC/C=C\C/C=C\C/C=C\C(CCCCCCC(=O)NCC(=O)NC(CO)C(=O)O)OC(=O)CCCCCCCC/C=C\C/C=C\C/C=C\CCCCC. The monoisotopic (exact) mass is 755 g/mol. The standard InChI is InChI=1S/C45H74N2O7/c1-3-5-7-9-11-13-14-15-16-17-18-19-20-21-22-23-25-27-33-37-44(51)54-40(34-30-26-24-12-10-8-6-4-2)35-31-28-29-32-36-42(49)46-38-43(50)47-41(39-48)45(52)53/h6,8,11-13,15-16,18-19,24,30,34,40-41,48H,3-5,7,9-10,14,17,20-23,25-29,31-33,35-39H2,1-2H3,(H,46,49)(H,47,50)(H,52,53)/b8-6-,13-11-,16-15-,19-18-,24-12-,34-30-. The Kier molecular flexibility index (Phi) is 36.3. The molecule has 2 amide bonds. The number of aliphatic hydroxyl groups is 1. The Bertz CT molecular complexity index is 1140. The van der Waals surface area contributed by atoms with Crippen molar-refractivity contribution in [2.24, 2.45) is 0 Å². The molecule has 2 atom stereocenters. The molecule has 0 aliphatic heterocycles. The van der Waals surface area contributed by atoms with Crippen molar-refractivity contribution in [2.75, 3.05) is 13.2 Å². The summed E-state index contributed by atoms with van der Waals surface area (Å²) in [6.07, 6.45) is 48.1. The van der Waals surface area contributed by atoms with Crippen LogP contribution in [0.4, 0.5) is 0 Å². The van der Waals surface area contributed by atoms with Crippen molar-refractivity contribution in [2.45, 2.75) is 174 Å². The van der Waals surface area contributed by atoms with E-state index >= 15 is 0 Å². The molecule has 0 fully saturated rings. The fourth-order valence-corrected chi connectivity index (χ4v) is 5.48. The van der Waals surface area contributed by atoms with E-state index in [-0.39, 0.29) is 30.9 Å². The quantitative estimate of drug-likeness (QED) is 0.0283. The largest absolute Gasteiger partial charge is 0.480 e. The molecule has 0 rings (SSSR count). The van der Waals surface area contributed by atoms with E-state index in [0.29, 0.717) is 19.3 Å². The second-order valence-corrected chi connectivity index (χ2v) is 13.7. The summed E-state index contributed by atoms with van der Waals surface area (Å²) in [4.78, 5) is 47.5. The van der Waals surface area contributed by atoms with Gasteiger partial charge in [0.1, 0.15) is 12.1 Å². The Morgan fingerprint density at radius 2 is 1.11 bits per heavy atom. The number of ether oxygens (including phenoxy) is 1. The number of carbonyl (C=O) groups is 4. The molecule has 0 aromatic carbocycles. The number of unbranched alkanes of at least 4 members (excludes halogenated alkanes) is 12. The van der Waals surface area contributed by atoms with Gasteiger partial charge in [0, 0.05) is 12.8 Å². The number of esters is 1. The van der Waals surface area contributed by atoms with E-state index in [0.717, 1.165) is 77.0 Å². The number of amides is 2. The number of carboxylic acids is 1. The molecule has 4 N–H and O–H groups in total. The van der Waals surface area contributed by atoms with Crippen LogP contribution in [0.25, 0.3) is 0 Å². The summed E-state index contributed by atoms with van der Waals surface area (Å²) >= 11 is 0. The van der Waals surface area contributed by atoms with Gasteiger partial charge >= 0.3 is 11.9 Å². The maximum Gasteiger partial charge on any atom is 0.328 e. The number of aliphatic carboxylic acids is 1. The van der Waals surface area contributed by atoms with Gasteiger partial charge in [-0.3, -0.25) is 14.4 Å². The zero-order valence-corrected chi connectivity index (χ0v) is 33.7. The topological polar surface area (TPSA) is 142 Å². The summed E-state index contributed by atoms with van der Waals surface area (Å²) in [5.41, 5.74) is 0. The molecule has 0 aliphatic carbocycles. The maximum atomic E-state index is 12.7. The summed E-state index contributed by atoms with van der Waals surface area (Å²) < 4.78 is 5.87. The first-order valence-corrected chi connectivity index (χ1v) is 20.8. The predicted octanol–water partition coefficient (Wildman–Crippen LogP) is 9.93. The maximum absolute atomic E-state index is 12.7. The first-order chi connectivity index (χ1) is 26.3. The first-order valence-electron chi connectivity index (χ1n) is 20.8. The molecule has 0 saturated heterocycles. The van der Waals surface area contributed by atoms with E-state index in [9.17, 15) is 19.2 Å². The van der Waals surface area contributed by atoms with Crippen molar-refractivity contribution in [3.05, 3.63) is 72.9 Å². The Morgan fingerprint density at radius 3 is 1.70 bits per heavy atom. The minimum Gasteiger partial charge on any atom is -0.480 e. The van der Waals surface area contributed by atoms with Crippen LogP contribution in [0.2, 0.25) is 0 Å². The summed E-state index contributed by atoms with van der Waals surface area (Å²) in [5.74, 6) is -2.46. The average molecular weight is 755 g/mol. The van der Waals surface area contributed by atoms with Crippen LogP contribution in [0, 0.1) is 0 Å². The summed E-state index contributed by atoms with van der Waals surface area (Å²) in [6, 6.07) is -1.40. The minimum atomic E-state index is -1.40. The Hall–Kier alpha value is -3.72. The molecule has 0 saturated carbocycles. The van der Waals surface area contributed by atoms with Gasteiger partial charge in [0.2, 0.25) is 11.8 Å². The number of rotatable bonds is 36. The van der Waals surface area contributed by atoms with Gasteiger partial charge in [0.05, 0.1) is 13.2 Å². The van der Waals surface area contributed by atoms with Crippen molar-refractivity contribution >= 4 is 23.8 Å². The second-order valence-electron chi connectivity index (χ2n) is 13.7. The zero-order chi connectivity index (χ0) is 39.7. The molecule has 0 aromatic rings. The number of hydrogen-bond donors (Lipinski definition) is 4. The Balaban J connectivity index is 4.31. The fourth-order valence-electron chi connectivity index (χ4n) is 5.48. The van der Waals surface area contributed by atoms with E-state index in [1.54, 1.807) is 0 Å². The number of allylic oxidation sites excluding steroid dienone is 11. The van der Waals surface area contributed by atoms with Crippen molar-refractivity contribution < 1.29 is 34.1 Å². The molecule has 0 aliphatic rings. The highest BCUT2D eigenvalue weighted by Gasteiger charge is 2.18. The van der Waals surface area contributed by atoms with Crippen LogP contribution in [0.3, 0.4) is 0 Å². The molecular formula is C45H74N2O7. The van der Waals surface area contributed by atoms with Crippen LogP contribution in [0.1, 0.15) is 162 Å². The third kappa shape index (κ3) is 35.3. The lowest BCUT2D eigenvalue weighted by Crippen LogP contribution is -2.47. The summed E-state index contributed by atoms with van der Waals surface area (Å²) in [6.45, 7) is 3.28. The third-order valence-electron chi connectivity index (χ3n) is 8.67. The van der Waals surface area contributed by atoms with Gasteiger partial charge in [0.25, 0.3) is 0 Å². The summed E-state index contributed by atoms with van der Waals surface area (Å²) in [5, 5.41) is 22.5. The van der Waals surface area contributed by atoms with Gasteiger partial charge < -0.3 is 25.6 Å². The third-order valence-corrected chi connectivity index (χ3v) is 8.67. The highest BCUT2D eigenvalue weighted by atomic mass is 16.5. The smallest absolute Gasteiger partial charge is 0.328 e. The molecule has 0 radical (unpaired) electrons. The van der Waals surface area contributed by atoms with Crippen molar-refractivity contribution in [3.8, 4) is 0 Å². The molecule has 0 aromatic heterocycles. The van der Waals surface area contributed by atoms with Crippen LogP contribution in [0.5, 0.6) is 0 Å². The number of hydrogen-bond acceptors (Lipinski definition) is 6.